The third kappa shape index (κ3) is 2.83. The molecular formula is C17H21N3. The van der Waals surface area contributed by atoms with E-state index in [1.165, 1.54) is 17.5 Å². The molecule has 1 aromatic carbocycles. The Hall–Kier alpha value is -1.87. The fraction of sp³-hybridized carbons (Fsp3) is 0.353. The van der Waals surface area contributed by atoms with Gasteiger partial charge in [0.2, 0.25) is 0 Å². The monoisotopic (exact) mass is 267 g/mol. The van der Waals surface area contributed by atoms with Crippen LogP contribution in [-0.2, 0) is 6.54 Å². The fourth-order valence-corrected chi connectivity index (χ4v) is 3.11. The van der Waals surface area contributed by atoms with E-state index in [9.17, 15) is 0 Å². The first-order chi connectivity index (χ1) is 9.72. The molecule has 0 saturated carbocycles. The standard InChI is InChI=1S/C17H21N3/c1-13-9-16(15-5-3-2-4-6-15)12-20(13)11-14-7-8-19-17(18)10-14/h2-8,10,13,16H,9,11-12H2,1H3,(H2,18,19)/t13-,16-/m1/s1. The Bertz CT molecular complexity index is 567. The van der Waals surface area contributed by atoms with Gasteiger partial charge in [0.15, 0.2) is 0 Å². The van der Waals surface area contributed by atoms with Gasteiger partial charge in [-0.25, -0.2) is 4.98 Å². The van der Waals surface area contributed by atoms with Crippen LogP contribution in [0.2, 0.25) is 0 Å². The molecule has 2 N–H and O–H groups in total. The van der Waals surface area contributed by atoms with Crippen molar-refractivity contribution in [2.45, 2.75) is 31.8 Å². The first-order valence-electron chi connectivity index (χ1n) is 7.22. The Morgan fingerprint density at radius 1 is 1.25 bits per heavy atom. The minimum absolute atomic E-state index is 0.606. The third-order valence-corrected chi connectivity index (χ3v) is 4.21. The van der Waals surface area contributed by atoms with Gasteiger partial charge in [0.25, 0.3) is 0 Å². The summed E-state index contributed by atoms with van der Waals surface area (Å²) in [5.74, 6) is 1.25. The normalized spacial score (nSPS) is 23.1. The maximum atomic E-state index is 5.76. The van der Waals surface area contributed by atoms with Crippen LogP contribution in [0.3, 0.4) is 0 Å². The predicted molar refractivity (Wildman–Crippen MR) is 82.3 cm³/mol. The molecule has 3 nitrogen and oxygen atoms in total. The van der Waals surface area contributed by atoms with Crippen molar-refractivity contribution in [1.29, 1.82) is 0 Å². The number of benzene rings is 1. The zero-order valence-corrected chi connectivity index (χ0v) is 11.9. The van der Waals surface area contributed by atoms with Crippen molar-refractivity contribution < 1.29 is 0 Å². The van der Waals surface area contributed by atoms with E-state index >= 15 is 0 Å². The zero-order valence-electron chi connectivity index (χ0n) is 11.9. The van der Waals surface area contributed by atoms with Crippen molar-refractivity contribution in [2.75, 3.05) is 12.3 Å². The third-order valence-electron chi connectivity index (χ3n) is 4.21. The smallest absolute Gasteiger partial charge is 0.123 e. The maximum absolute atomic E-state index is 5.76. The Morgan fingerprint density at radius 2 is 2.05 bits per heavy atom. The van der Waals surface area contributed by atoms with Crippen LogP contribution in [0.5, 0.6) is 0 Å². The van der Waals surface area contributed by atoms with E-state index in [1.807, 2.05) is 6.07 Å². The molecule has 0 spiro atoms. The van der Waals surface area contributed by atoms with Gasteiger partial charge in [0.1, 0.15) is 5.82 Å². The van der Waals surface area contributed by atoms with Gasteiger partial charge in [-0.3, -0.25) is 4.90 Å². The summed E-state index contributed by atoms with van der Waals surface area (Å²) in [5, 5.41) is 0. The molecule has 2 aromatic rings. The molecule has 0 radical (unpaired) electrons. The van der Waals surface area contributed by atoms with Crippen LogP contribution in [0, 0.1) is 0 Å². The lowest BCUT2D eigenvalue weighted by Crippen LogP contribution is -2.26. The molecule has 1 aliphatic heterocycles. The first kappa shape index (κ1) is 13.1. The molecule has 2 heterocycles. The molecule has 1 aromatic heterocycles. The van der Waals surface area contributed by atoms with Crippen LogP contribution >= 0.6 is 0 Å². The van der Waals surface area contributed by atoms with Crippen LogP contribution < -0.4 is 5.73 Å². The fourth-order valence-electron chi connectivity index (χ4n) is 3.11. The molecule has 1 fully saturated rings. The van der Waals surface area contributed by atoms with Crippen molar-refractivity contribution in [3.63, 3.8) is 0 Å². The minimum atomic E-state index is 0.606. The number of hydrogen-bond acceptors (Lipinski definition) is 3. The summed E-state index contributed by atoms with van der Waals surface area (Å²) in [6.45, 7) is 4.39. The van der Waals surface area contributed by atoms with E-state index in [4.69, 9.17) is 5.73 Å². The molecule has 2 atom stereocenters. The zero-order chi connectivity index (χ0) is 13.9. The summed E-state index contributed by atoms with van der Waals surface area (Å²) in [6.07, 6.45) is 3.02. The summed E-state index contributed by atoms with van der Waals surface area (Å²) in [4.78, 5) is 6.59. The molecule has 0 unspecified atom stereocenters. The Morgan fingerprint density at radius 3 is 2.80 bits per heavy atom. The highest BCUT2D eigenvalue weighted by molar-refractivity contribution is 5.32. The van der Waals surface area contributed by atoms with E-state index in [0.29, 0.717) is 17.8 Å². The highest BCUT2D eigenvalue weighted by atomic mass is 15.2. The van der Waals surface area contributed by atoms with E-state index < -0.39 is 0 Å². The van der Waals surface area contributed by atoms with Gasteiger partial charge in [0.05, 0.1) is 0 Å². The van der Waals surface area contributed by atoms with Crippen molar-refractivity contribution in [1.82, 2.24) is 9.88 Å². The summed E-state index contributed by atoms with van der Waals surface area (Å²) in [6, 6.07) is 15.5. The SMILES string of the molecule is C[C@@H]1C[C@@H](c2ccccc2)CN1Cc1ccnc(N)c1. The Kier molecular flexibility index (Phi) is 3.70. The highest BCUT2D eigenvalue weighted by Crippen LogP contribution is 2.32. The van der Waals surface area contributed by atoms with E-state index in [-0.39, 0.29) is 0 Å². The van der Waals surface area contributed by atoms with Crippen LogP contribution in [0.25, 0.3) is 0 Å². The van der Waals surface area contributed by atoms with Crippen LogP contribution in [0.15, 0.2) is 48.7 Å². The van der Waals surface area contributed by atoms with Crippen molar-refractivity contribution in [3.8, 4) is 0 Å². The Labute approximate surface area is 120 Å². The quantitative estimate of drug-likeness (QED) is 0.929. The van der Waals surface area contributed by atoms with Gasteiger partial charge in [-0.2, -0.15) is 0 Å². The molecule has 0 amide bonds. The second kappa shape index (κ2) is 5.63. The number of anilines is 1. The second-order valence-electron chi connectivity index (χ2n) is 5.71. The summed E-state index contributed by atoms with van der Waals surface area (Å²) >= 11 is 0. The lowest BCUT2D eigenvalue weighted by Gasteiger charge is -2.21. The summed E-state index contributed by atoms with van der Waals surface area (Å²) in [5.41, 5.74) is 8.46. The number of likely N-dealkylation sites (tertiary alicyclic amines) is 1. The minimum Gasteiger partial charge on any atom is -0.384 e. The molecule has 1 saturated heterocycles. The van der Waals surface area contributed by atoms with E-state index in [1.54, 1.807) is 6.20 Å². The van der Waals surface area contributed by atoms with Gasteiger partial charge < -0.3 is 5.73 Å². The lowest BCUT2D eigenvalue weighted by molar-refractivity contribution is 0.259. The van der Waals surface area contributed by atoms with Gasteiger partial charge >= 0.3 is 0 Å². The van der Waals surface area contributed by atoms with Crippen molar-refractivity contribution in [3.05, 3.63) is 59.8 Å². The average Bonchev–Trinajstić information content (AvgIpc) is 2.81. The van der Waals surface area contributed by atoms with Gasteiger partial charge in [-0.1, -0.05) is 30.3 Å². The van der Waals surface area contributed by atoms with E-state index in [2.05, 4.69) is 53.2 Å². The maximum Gasteiger partial charge on any atom is 0.123 e. The number of aromatic nitrogens is 1. The van der Waals surface area contributed by atoms with Gasteiger partial charge in [0, 0.05) is 25.3 Å². The molecule has 1 aliphatic rings. The molecule has 3 rings (SSSR count). The topological polar surface area (TPSA) is 42.2 Å². The van der Waals surface area contributed by atoms with Gasteiger partial charge in [-0.05, 0) is 42.5 Å². The van der Waals surface area contributed by atoms with Gasteiger partial charge in [-0.15, -0.1) is 0 Å². The van der Waals surface area contributed by atoms with Crippen molar-refractivity contribution >= 4 is 5.82 Å². The first-order valence-corrected chi connectivity index (χ1v) is 7.22. The largest absolute Gasteiger partial charge is 0.384 e. The molecule has 0 bridgehead atoms. The highest BCUT2D eigenvalue weighted by Gasteiger charge is 2.29. The van der Waals surface area contributed by atoms with Crippen LogP contribution in [0.1, 0.15) is 30.4 Å². The lowest BCUT2D eigenvalue weighted by atomic mass is 9.97. The average molecular weight is 267 g/mol. The van der Waals surface area contributed by atoms with Crippen LogP contribution in [-0.4, -0.2) is 22.5 Å². The summed E-state index contributed by atoms with van der Waals surface area (Å²) < 4.78 is 0. The molecule has 20 heavy (non-hydrogen) atoms. The summed E-state index contributed by atoms with van der Waals surface area (Å²) in [7, 11) is 0. The van der Waals surface area contributed by atoms with Crippen molar-refractivity contribution in [2.24, 2.45) is 0 Å². The molecule has 0 aliphatic carbocycles. The number of rotatable bonds is 3. The molecular weight excluding hydrogens is 246 g/mol. The van der Waals surface area contributed by atoms with E-state index in [0.717, 1.165) is 13.1 Å². The number of nitrogen functional groups attached to an aromatic ring is 1. The second-order valence-corrected chi connectivity index (χ2v) is 5.71. The number of pyridine rings is 1. The molecule has 104 valence electrons. The predicted octanol–water partition coefficient (Wildman–Crippen LogP) is 3.04. The Balaban J connectivity index is 1.70. The number of nitrogens with zero attached hydrogens (tertiary/aromatic N) is 2. The number of hydrogen-bond donors (Lipinski definition) is 1. The van der Waals surface area contributed by atoms with Crippen LogP contribution in [0.4, 0.5) is 5.82 Å². The molecule has 3 heteroatoms. The number of nitrogens with two attached hydrogens (primary N) is 1.